The molecule has 17 heavy (non-hydrogen) atoms. The fourth-order valence-corrected chi connectivity index (χ4v) is 1.72. The van der Waals surface area contributed by atoms with Crippen LogP contribution in [0.1, 0.15) is 10.4 Å². The van der Waals surface area contributed by atoms with Crippen LogP contribution in [0.4, 0.5) is 0 Å². The van der Waals surface area contributed by atoms with Gasteiger partial charge in [0, 0.05) is 5.02 Å². The lowest BCUT2D eigenvalue weighted by Gasteiger charge is -2.07. The van der Waals surface area contributed by atoms with E-state index >= 15 is 0 Å². The lowest BCUT2D eigenvalue weighted by Crippen LogP contribution is -1.99. The second kappa shape index (κ2) is 4.47. The Kier molecular flexibility index (Phi) is 3.02. The molecule has 0 aliphatic heterocycles. The number of phenols is 1. The molecule has 2 rings (SSSR count). The summed E-state index contributed by atoms with van der Waals surface area (Å²) in [5.41, 5.74) is 1.35. The molecule has 0 fully saturated rings. The van der Waals surface area contributed by atoms with Crippen LogP contribution in [0.3, 0.4) is 0 Å². The van der Waals surface area contributed by atoms with Gasteiger partial charge in [-0.05, 0) is 41.5 Å². The summed E-state index contributed by atoms with van der Waals surface area (Å²) >= 11 is 5.77. The van der Waals surface area contributed by atoms with Gasteiger partial charge in [0.05, 0.1) is 5.56 Å². The number of carboxylic acids is 1. The average Bonchev–Trinajstić information content (AvgIpc) is 2.30. The predicted octanol–water partition coefficient (Wildman–Crippen LogP) is 3.41. The largest absolute Gasteiger partial charge is 0.508 e. The molecule has 0 aliphatic carbocycles. The summed E-state index contributed by atoms with van der Waals surface area (Å²) in [4.78, 5) is 11.1. The molecule has 2 N–H and O–H groups in total. The maximum atomic E-state index is 11.1. The number of halogens is 1. The van der Waals surface area contributed by atoms with Gasteiger partial charge in [0.25, 0.3) is 0 Å². The monoisotopic (exact) mass is 248 g/mol. The van der Waals surface area contributed by atoms with Crippen molar-refractivity contribution in [3.63, 3.8) is 0 Å². The number of carboxylic acid groups (broad SMARTS) is 1. The first-order valence-corrected chi connectivity index (χ1v) is 5.28. The maximum absolute atomic E-state index is 11.1. The molecule has 0 spiro atoms. The van der Waals surface area contributed by atoms with Crippen molar-refractivity contribution in [1.82, 2.24) is 0 Å². The molecule has 0 heterocycles. The molecule has 86 valence electrons. The standard InChI is InChI=1S/C13H9ClO3/c14-9-3-1-8(2-4-9)11-6-5-10(15)7-12(11)13(16)17/h1-7,15H,(H,16,17). The van der Waals surface area contributed by atoms with Gasteiger partial charge in [-0.25, -0.2) is 4.79 Å². The highest BCUT2D eigenvalue weighted by atomic mass is 35.5. The van der Waals surface area contributed by atoms with Gasteiger partial charge in [-0.1, -0.05) is 23.7 Å². The van der Waals surface area contributed by atoms with Gasteiger partial charge in [-0.3, -0.25) is 0 Å². The molecule has 3 nitrogen and oxygen atoms in total. The average molecular weight is 249 g/mol. The van der Waals surface area contributed by atoms with E-state index in [4.69, 9.17) is 16.7 Å². The van der Waals surface area contributed by atoms with Crippen LogP contribution >= 0.6 is 11.6 Å². The summed E-state index contributed by atoms with van der Waals surface area (Å²) in [6.07, 6.45) is 0. The zero-order chi connectivity index (χ0) is 12.4. The summed E-state index contributed by atoms with van der Waals surface area (Å²) in [6, 6.07) is 11.1. The molecular formula is C13H9ClO3. The van der Waals surface area contributed by atoms with Gasteiger partial charge < -0.3 is 10.2 Å². The fraction of sp³-hybridized carbons (Fsp3) is 0. The number of hydrogen-bond donors (Lipinski definition) is 2. The van der Waals surface area contributed by atoms with E-state index in [0.717, 1.165) is 5.56 Å². The molecule has 0 saturated carbocycles. The normalized spacial score (nSPS) is 10.2. The van der Waals surface area contributed by atoms with E-state index in [0.29, 0.717) is 10.6 Å². The number of rotatable bonds is 2. The van der Waals surface area contributed by atoms with Crippen molar-refractivity contribution in [3.05, 3.63) is 53.1 Å². The molecule has 2 aromatic rings. The van der Waals surface area contributed by atoms with Gasteiger partial charge in [0.2, 0.25) is 0 Å². The molecule has 0 radical (unpaired) electrons. The lowest BCUT2D eigenvalue weighted by atomic mass is 9.99. The zero-order valence-corrected chi connectivity index (χ0v) is 9.48. The molecule has 0 saturated heterocycles. The first kappa shape index (κ1) is 11.5. The fourth-order valence-electron chi connectivity index (χ4n) is 1.59. The van der Waals surface area contributed by atoms with E-state index in [1.165, 1.54) is 12.1 Å². The van der Waals surface area contributed by atoms with E-state index < -0.39 is 5.97 Å². The summed E-state index contributed by atoms with van der Waals surface area (Å²) in [6.45, 7) is 0. The zero-order valence-electron chi connectivity index (χ0n) is 8.72. The molecule has 0 amide bonds. The third-order valence-corrected chi connectivity index (χ3v) is 2.64. The highest BCUT2D eigenvalue weighted by Gasteiger charge is 2.12. The van der Waals surface area contributed by atoms with Crippen molar-refractivity contribution in [2.24, 2.45) is 0 Å². The smallest absolute Gasteiger partial charge is 0.336 e. The minimum absolute atomic E-state index is 0.0623. The number of aromatic carboxylic acids is 1. The molecule has 0 aromatic heterocycles. The number of benzene rings is 2. The van der Waals surface area contributed by atoms with Crippen LogP contribution in [-0.2, 0) is 0 Å². The summed E-state index contributed by atoms with van der Waals surface area (Å²) < 4.78 is 0. The van der Waals surface area contributed by atoms with Crippen LogP contribution in [0.2, 0.25) is 5.02 Å². The van der Waals surface area contributed by atoms with Crippen LogP contribution in [0.15, 0.2) is 42.5 Å². The van der Waals surface area contributed by atoms with E-state index in [1.54, 1.807) is 30.3 Å². The van der Waals surface area contributed by atoms with Crippen molar-refractivity contribution < 1.29 is 15.0 Å². The quantitative estimate of drug-likeness (QED) is 0.856. The Labute approximate surface area is 103 Å². The molecule has 0 unspecified atom stereocenters. The predicted molar refractivity (Wildman–Crippen MR) is 65.5 cm³/mol. The van der Waals surface area contributed by atoms with Crippen molar-refractivity contribution in [2.75, 3.05) is 0 Å². The number of hydrogen-bond acceptors (Lipinski definition) is 2. The topological polar surface area (TPSA) is 57.5 Å². The van der Waals surface area contributed by atoms with Crippen molar-refractivity contribution in [3.8, 4) is 16.9 Å². The van der Waals surface area contributed by atoms with Gasteiger partial charge in [-0.2, -0.15) is 0 Å². The Hall–Kier alpha value is -2.00. The molecule has 4 heteroatoms. The molecular weight excluding hydrogens is 240 g/mol. The highest BCUT2D eigenvalue weighted by Crippen LogP contribution is 2.28. The van der Waals surface area contributed by atoms with E-state index in [2.05, 4.69) is 0 Å². The Morgan fingerprint density at radius 3 is 2.29 bits per heavy atom. The first-order valence-electron chi connectivity index (χ1n) is 4.90. The summed E-state index contributed by atoms with van der Waals surface area (Å²) in [5.74, 6) is -1.15. The van der Waals surface area contributed by atoms with E-state index in [1.807, 2.05) is 0 Å². The summed E-state index contributed by atoms with van der Waals surface area (Å²) in [5, 5.41) is 18.9. The first-order chi connectivity index (χ1) is 8.08. The Morgan fingerprint density at radius 2 is 1.71 bits per heavy atom. The second-order valence-electron chi connectivity index (χ2n) is 3.54. The lowest BCUT2D eigenvalue weighted by molar-refractivity contribution is 0.0697. The van der Waals surface area contributed by atoms with E-state index in [9.17, 15) is 9.90 Å². The van der Waals surface area contributed by atoms with E-state index in [-0.39, 0.29) is 11.3 Å². The minimum Gasteiger partial charge on any atom is -0.508 e. The number of carbonyl (C=O) groups is 1. The Bertz CT molecular complexity index is 561. The van der Waals surface area contributed by atoms with Crippen LogP contribution in [0, 0.1) is 0 Å². The molecule has 2 aromatic carbocycles. The van der Waals surface area contributed by atoms with Crippen LogP contribution in [0.25, 0.3) is 11.1 Å². The molecule has 0 atom stereocenters. The Morgan fingerprint density at radius 1 is 1.06 bits per heavy atom. The van der Waals surface area contributed by atoms with Gasteiger partial charge in [-0.15, -0.1) is 0 Å². The number of phenolic OH excluding ortho intramolecular Hbond substituents is 1. The van der Waals surface area contributed by atoms with Crippen molar-refractivity contribution in [1.29, 1.82) is 0 Å². The second-order valence-corrected chi connectivity index (χ2v) is 3.98. The van der Waals surface area contributed by atoms with Crippen LogP contribution < -0.4 is 0 Å². The van der Waals surface area contributed by atoms with Crippen LogP contribution in [-0.4, -0.2) is 16.2 Å². The van der Waals surface area contributed by atoms with Crippen molar-refractivity contribution in [2.45, 2.75) is 0 Å². The summed E-state index contributed by atoms with van der Waals surface area (Å²) in [7, 11) is 0. The molecule has 0 aliphatic rings. The van der Waals surface area contributed by atoms with Crippen LogP contribution in [0.5, 0.6) is 5.75 Å². The van der Waals surface area contributed by atoms with Crippen molar-refractivity contribution >= 4 is 17.6 Å². The SMILES string of the molecule is O=C(O)c1cc(O)ccc1-c1ccc(Cl)cc1. The third-order valence-electron chi connectivity index (χ3n) is 2.39. The molecule has 0 bridgehead atoms. The van der Waals surface area contributed by atoms with Gasteiger partial charge in [0.15, 0.2) is 0 Å². The third kappa shape index (κ3) is 2.40. The Balaban J connectivity index is 2.58. The minimum atomic E-state index is -1.08. The maximum Gasteiger partial charge on any atom is 0.336 e. The number of aromatic hydroxyl groups is 1. The van der Waals surface area contributed by atoms with Gasteiger partial charge >= 0.3 is 5.97 Å². The highest BCUT2D eigenvalue weighted by molar-refractivity contribution is 6.30. The van der Waals surface area contributed by atoms with Gasteiger partial charge in [0.1, 0.15) is 5.75 Å².